The van der Waals surface area contributed by atoms with E-state index in [0.29, 0.717) is 5.92 Å². The van der Waals surface area contributed by atoms with Crippen molar-refractivity contribution in [3.8, 4) is 0 Å². The lowest BCUT2D eigenvalue weighted by Gasteiger charge is -2.23. The average molecular weight is 424 g/mol. The van der Waals surface area contributed by atoms with Crippen LogP contribution < -0.4 is 0 Å². The number of rotatable bonds is 8. The molecule has 162 valence electrons. The van der Waals surface area contributed by atoms with Crippen LogP contribution in [-0.2, 0) is 13.1 Å². The van der Waals surface area contributed by atoms with Crippen molar-refractivity contribution in [2.24, 2.45) is 5.92 Å². The van der Waals surface area contributed by atoms with Crippen LogP contribution in [0.4, 0.5) is 0 Å². The average Bonchev–Trinajstić information content (AvgIpc) is 3.37. The maximum atomic E-state index is 4.55. The fourth-order valence-corrected chi connectivity index (χ4v) is 4.26. The van der Waals surface area contributed by atoms with E-state index in [-0.39, 0.29) is 0 Å². The van der Waals surface area contributed by atoms with Gasteiger partial charge in [0.2, 0.25) is 0 Å². The van der Waals surface area contributed by atoms with Crippen LogP contribution in [0.3, 0.4) is 0 Å². The minimum absolute atomic E-state index is 0.479. The molecule has 0 bridgehead atoms. The van der Waals surface area contributed by atoms with Gasteiger partial charge < -0.3 is 9.13 Å². The molecule has 1 unspecified atom stereocenters. The maximum absolute atomic E-state index is 4.55. The Bertz CT molecular complexity index is 1210. The van der Waals surface area contributed by atoms with Crippen LogP contribution in [0.1, 0.15) is 6.92 Å². The Labute approximate surface area is 189 Å². The van der Waals surface area contributed by atoms with Crippen LogP contribution in [0.5, 0.6) is 0 Å². The zero-order valence-corrected chi connectivity index (χ0v) is 18.5. The highest BCUT2D eigenvalue weighted by Gasteiger charge is 2.11. The van der Waals surface area contributed by atoms with Gasteiger partial charge in [-0.25, -0.2) is 9.97 Å². The molecule has 0 amide bonds. The number of hydrogen-bond acceptors (Lipinski definition) is 3. The minimum Gasteiger partial charge on any atom is -0.329 e. The highest BCUT2D eigenvalue weighted by Crippen LogP contribution is 2.15. The van der Waals surface area contributed by atoms with E-state index in [1.54, 1.807) is 0 Å². The Balaban J connectivity index is 1.32. The van der Waals surface area contributed by atoms with Gasteiger partial charge in [-0.2, -0.15) is 0 Å². The Morgan fingerprint density at radius 3 is 2.03 bits per heavy atom. The first kappa shape index (κ1) is 20.5. The van der Waals surface area contributed by atoms with Crippen molar-refractivity contribution < 1.29 is 0 Å². The molecule has 1 atom stereocenters. The topological polar surface area (TPSA) is 38.9 Å². The molecule has 2 aromatic heterocycles. The molecule has 1 aliphatic rings. The fraction of sp³-hybridized carbons (Fsp3) is 0.259. The first-order valence-electron chi connectivity index (χ1n) is 11.3. The molecular formula is C27H29N5. The Morgan fingerprint density at radius 2 is 1.41 bits per heavy atom. The molecule has 5 rings (SSSR count). The molecule has 0 fully saturated rings. The third-order valence-electron chi connectivity index (χ3n) is 6.11. The van der Waals surface area contributed by atoms with Crippen LogP contribution in [0, 0.1) is 5.92 Å². The normalized spacial score (nSPS) is 16.2. The number of allylic oxidation sites excluding steroid dienone is 4. The summed E-state index contributed by atoms with van der Waals surface area (Å²) in [6, 6.07) is 16.7. The molecule has 0 spiro atoms. The monoisotopic (exact) mass is 423 g/mol. The standard InChI is InChI=1S/C27H29N5/c1-22-7-6-8-23(14-13-22)19-30(15-17-31-20-28-24-9-2-4-11-26(24)31)16-18-32-21-29-25-10-3-5-12-27(25)32/h2-14,20-22H,15-19H2,1H3. The lowest BCUT2D eigenvalue weighted by molar-refractivity contribution is 0.276. The zero-order valence-electron chi connectivity index (χ0n) is 18.5. The molecule has 0 saturated carbocycles. The zero-order chi connectivity index (χ0) is 21.8. The van der Waals surface area contributed by atoms with E-state index >= 15 is 0 Å². The molecule has 4 aromatic rings. The summed E-state index contributed by atoms with van der Waals surface area (Å²) >= 11 is 0. The summed E-state index contributed by atoms with van der Waals surface area (Å²) in [7, 11) is 0. The number of nitrogens with zero attached hydrogens (tertiary/aromatic N) is 5. The molecule has 0 aliphatic heterocycles. The van der Waals surface area contributed by atoms with Gasteiger partial charge in [-0.3, -0.25) is 4.90 Å². The molecule has 5 nitrogen and oxygen atoms in total. The van der Waals surface area contributed by atoms with Crippen molar-refractivity contribution in [1.82, 2.24) is 24.0 Å². The quantitative estimate of drug-likeness (QED) is 0.397. The SMILES string of the molecule is CC1C=CC=C(CN(CCn2cnc3ccccc32)CCn2cnc3ccccc32)C=C1. The molecule has 2 aromatic carbocycles. The van der Waals surface area contributed by atoms with Crippen molar-refractivity contribution in [1.29, 1.82) is 0 Å². The van der Waals surface area contributed by atoms with Crippen molar-refractivity contribution in [2.45, 2.75) is 20.0 Å². The Morgan fingerprint density at radius 1 is 0.812 bits per heavy atom. The van der Waals surface area contributed by atoms with Gasteiger partial charge in [0, 0.05) is 32.7 Å². The summed E-state index contributed by atoms with van der Waals surface area (Å²) in [6.45, 7) is 6.88. The summed E-state index contributed by atoms with van der Waals surface area (Å²) in [5.74, 6) is 0.479. The second kappa shape index (κ2) is 9.37. The fourth-order valence-electron chi connectivity index (χ4n) is 4.26. The van der Waals surface area contributed by atoms with Gasteiger partial charge in [-0.05, 0) is 35.8 Å². The molecule has 1 aliphatic carbocycles. The number of aromatic nitrogens is 4. The molecule has 2 heterocycles. The maximum Gasteiger partial charge on any atom is 0.0958 e. The summed E-state index contributed by atoms with van der Waals surface area (Å²) in [4.78, 5) is 11.6. The molecule has 5 heteroatoms. The van der Waals surface area contributed by atoms with Crippen molar-refractivity contribution in [3.63, 3.8) is 0 Å². The smallest absolute Gasteiger partial charge is 0.0958 e. The van der Waals surface area contributed by atoms with Gasteiger partial charge in [-0.15, -0.1) is 0 Å². The van der Waals surface area contributed by atoms with Crippen molar-refractivity contribution in [3.05, 3.63) is 97.1 Å². The van der Waals surface area contributed by atoms with Crippen molar-refractivity contribution in [2.75, 3.05) is 19.6 Å². The first-order valence-corrected chi connectivity index (χ1v) is 11.3. The number of hydrogen-bond donors (Lipinski definition) is 0. The minimum atomic E-state index is 0.479. The van der Waals surface area contributed by atoms with Gasteiger partial charge in [0.25, 0.3) is 0 Å². The predicted molar refractivity (Wildman–Crippen MR) is 131 cm³/mol. The second-order valence-electron chi connectivity index (χ2n) is 8.47. The van der Waals surface area contributed by atoms with E-state index in [4.69, 9.17) is 0 Å². The predicted octanol–water partition coefficient (Wildman–Crippen LogP) is 5.08. The van der Waals surface area contributed by atoms with Crippen LogP contribution in [0.25, 0.3) is 22.1 Å². The van der Waals surface area contributed by atoms with E-state index in [0.717, 1.165) is 43.8 Å². The van der Waals surface area contributed by atoms with E-state index in [9.17, 15) is 0 Å². The van der Waals surface area contributed by atoms with Gasteiger partial charge in [0.15, 0.2) is 0 Å². The lowest BCUT2D eigenvalue weighted by Crippen LogP contribution is -2.32. The number of fused-ring (bicyclic) bond motifs is 2. The van der Waals surface area contributed by atoms with Gasteiger partial charge in [-0.1, -0.05) is 61.6 Å². The largest absolute Gasteiger partial charge is 0.329 e. The molecular weight excluding hydrogens is 394 g/mol. The van der Waals surface area contributed by atoms with Gasteiger partial charge in [0.1, 0.15) is 0 Å². The number of para-hydroxylation sites is 4. The molecule has 0 N–H and O–H groups in total. The summed E-state index contributed by atoms with van der Waals surface area (Å²) in [5, 5.41) is 0. The Kier molecular flexibility index (Phi) is 5.99. The summed E-state index contributed by atoms with van der Waals surface area (Å²) in [5.41, 5.74) is 5.84. The highest BCUT2D eigenvalue weighted by atomic mass is 15.2. The van der Waals surface area contributed by atoms with Crippen LogP contribution >= 0.6 is 0 Å². The van der Waals surface area contributed by atoms with E-state index in [2.05, 4.69) is 97.7 Å². The van der Waals surface area contributed by atoms with Crippen LogP contribution in [-0.4, -0.2) is 43.6 Å². The van der Waals surface area contributed by atoms with Crippen molar-refractivity contribution >= 4 is 22.1 Å². The second-order valence-corrected chi connectivity index (χ2v) is 8.47. The lowest BCUT2D eigenvalue weighted by atomic mass is 10.1. The number of imidazole rings is 2. The number of benzene rings is 2. The molecule has 0 radical (unpaired) electrons. The molecule has 0 saturated heterocycles. The summed E-state index contributed by atoms with van der Waals surface area (Å²) < 4.78 is 4.52. The van der Waals surface area contributed by atoms with Gasteiger partial charge in [0.05, 0.1) is 34.7 Å². The third kappa shape index (κ3) is 4.58. The summed E-state index contributed by atoms with van der Waals surface area (Å²) in [6.07, 6.45) is 15.1. The molecule has 32 heavy (non-hydrogen) atoms. The van der Waals surface area contributed by atoms with Gasteiger partial charge >= 0.3 is 0 Å². The highest BCUT2D eigenvalue weighted by molar-refractivity contribution is 5.75. The van der Waals surface area contributed by atoms with E-state index in [1.165, 1.54) is 16.6 Å². The van der Waals surface area contributed by atoms with Crippen LogP contribution in [0.2, 0.25) is 0 Å². The van der Waals surface area contributed by atoms with E-state index in [1.807, 2.05) is 24.8 Å². The third-order valence-corrected chi connectivity index (χ3v) is 6.11. The van der Waals surface area contributed by atoms with Crippen LogP contribution in [0.15, 0.2) is 97.1 Å². The Hall–Kier alpha value is -3.44. The first-order chi connectivity index (χ1) is 15.8. The van der Waals surface area contributed by atoms with E-state index < -0.39 is 0 Å².